The molecular formula is C6H14N4O2. The zero-order valence-electron chi connectivity index (χ0n) is 7.19. The van der Waals surface area contributed by atoms with Gasteiger partial charge in [0.05, 0.1) is 6.54 Å². The number of rotatable bonds is 3. The van der Waals surface area contributed by atoms with Crippen molar-refractivity contribution in [2.75, 3.05) is 6.54 Å². The van der Waals surface area contributed by atoms with E-state index in [4.69, 9.17) is 16.7 Å². The molecule has 0 rings (SSSR count). The van der Waals surface area contributed by atoms with E-state index in [-0.39, 0.29) is 18.4 Å². The first-order valence-corrected chi connectivity index (χ1v) is 3.51. The van der Waals surface area contributed by atoms with Crippen LogP contribution in [-0.4, -0.2) is 34.6 Å². The highest BCUT2D eigenvalue weighted by atomic mass is 16.4. The predicted molar refractivity (Wildman–Crippen MR) is 44.8 cm³/mol. The predicted octanol–water partition coefficient (Wildman–Crippen LogP) is -0.478. The Kier molecular flexibility index (Phi) is 3.89. The molecule has 0 saturated carbocycles. The molecule has 70 valence electrons. The van der Waals surface area contributed by atoms with Crippen LogP contribution >= 0.6 is 0 Å². The molecule has 0 aliphatic rings. The van der Waals surface area contributed by atoms with Crippen molar-refractivity contribution in [2.24, 2.45) is 16.6 Å². The maximum atomic E-state index is 10.7. The Bertz CT molecular complexity index is 190. The average Bonchev–Trinajstić information content (AvgIpc) is 1.98. The molecule has 0 saturated heterocycles. The highest BCUT2D eigenvalue weighted by molar-refractivity contribution is 5.85. The molecular weight excluding hydrogens is 160 g/mol. The van der Waals surface area contributed by atoms with Crippen molar-refractivity contribution in [1.29, 1.82) is 0 Å². The van der Waals surface area contributed by atoms with Gasteiger partial charge >= 0.3 is 6.03 Å². The van der Waals surface area contributed by atoms with E-state index in [1.165, 1.54) is 4.90 Å². The molecule has 0 atom stereocenters. The summed E-state index contributed by atoms with van der Waals surface area (Å²) in [5, 5.41) is 11.0. The van der Waals surface area contributed by atoms with E-state index in [9.17, 15) is 4.79 Å². The van der Waals surface area contributed by atoms with Gasteiger partial charge in [0.25, 0.3) is 0 Å². The number of oxime groups is 1. The van der Waals surface area contributed by atoms with Crippen LogP contribution in [0.25, 0.3) is 0 Å². The first-order chi connectivity index (χ1) is 5.49. The Hall–Kier alpha value is -1.46. The van der Waals surface area contributed by atoms with Gasteiger partial charge < -0.3 is 21.6 Å². The van der Waals surface area contributed by atoms with Gasteiger partial charge in [-0.15, -0.1) is 0 Å². The quantitative estimate of drug-likeness (QED) is 0.233. The van der Waals surface area contributed by atoms with Crippen LogP contribution in [0.3, 0.4) is 0 Å². The Morgan fingerprint density at radius 2 is 2.08 bits per heavy atom. The maximum absolute atomic E-state index is 10.7. The summed E-state index contributed by atoms with van der Waals surface area (Å²) in [6.45, 7) is 3.62. The molecule has 0 bridgehead atoms. The fraction of sp³-hybridized carbons (Fsp3) is 0.667. The first-order valence-electron chi connectivity index (χ1n) is 3.51. The van der Waals surface area contributed by atoms with E-state index in [1.54, 1.807) is 13.8 Å². The standard InChI is InChI=1S/C6H14N4O2/c1-4(2)10(6(8)11)3-5(7)9-12/h4,12H,3H2,1-2H3,(H2,7,9)(H2,8,11). The lowest BCUT2D eigenvalue weighted by molar-refractivity contribution is 0.201. The molecule has 0 aliphatic heterocycles. The molecule has 0 heterocycles. The number of nitrogens with zero attached hydrogens (tertiary/aromatic N) is 2. The van der Waals surface area contributed by atoms with Gasteiger partial charge in [0.2, 0.25) is 0 Å². The van der Waals surface area contributed by atoms with Crippen molar-refractivity contribution in [1.82, 2.24) is 4.90 Å². The number of carbonyl (C=O) groups is 1. The van der Waals surface area contributed by atoms with Gasteiger partial charge in [-0.1, -0.05) is 5.16 Å². The third kappa shape index (κ3) is 3.09. The average molecular weight is 174 g/mol. The number of amidine groups is 1. The molecule has 0 aromatic carbocycles. The van der Waals surface area contributed by atoms with Crippen molar-refractivity contribution in [3.05, 3.63) is 0 Å². The van der Waals surface area contributed by atoms with Crippen molar-refractivity contribution in [2.45, 2.75) is 19.9 Å². The fourth-order valence-electron chi connectivity index (χ4n) is 0.721. The van der Waals surface area contributed by atoms with Crippen LogP contribution in [-0.2, 0) is 0 Å². The van der Waals surface area contributed by atoms with E-state index >= 15 is 0 Å². The van der Waals surface area contributed by atoms with Crippen LogP contribution in [0.5, 0.6) is 0 Å². The van der Waals surface area contributed by atoms with Crippen LogP contribution in [0.2, 0.25) is 0 Å². The molecule has 12 heavy (non-hydrogen) atoms. The van der Waals surface area contributed by atoms with Gasteiger partial charge in [-0.2, -0.15) is 0 Å². The Balaban J connectivity index is 4.24. The van der Waals surface area contributed by atoms with Crippen molar-refractivity contribution < 1.29 is 10.0 Å². The molecule has 0 radical (unpaired) electrons. The largest absolute Gasteiger partial charge is 0.409 e. The lowest BCUT2D eigenvalue weighted by Crippen LogP contribution is -2.45. The SMILES string of the molecule is CC(C)N(CC(N)=NO)C(N)=O. The van der Waals surface area contributed by atoms with E-state index in [2.05, 4.69) is 5.16 Å². The molecule has 5 N–H and O–H groups in total. The number of nitrogens with two attached hydrogens (primary N) is 2. The van der Waals surface area contributed by atoms with E-state index in [0.717, 1.165) is 0 Å². The van der Waals surface area contributed by atoms with E-state index < -0.39 is 6.03 Å². The van der Waals surface area contributed by atoms with Crippen molar-refractivity contribution in [3.8, 4) is 0 Å². The minimum Gasteiger partial charge on any atom is -0.409 e. The Morgan fingerprint density at radius 3 is 2.33 bits per heavy atom. The van der Waals surface area contributed by atoms with Gasteiger partial charge in [0.1, 0.15) is 0 Å². The summed E-state index contributed by atoms with van der Waals surface area (Å²) in [4.78, 5) is 12.0. The summed E-state index contributed by atoms with van der Waals surface area (Å²) in [5.41, 5.74) is 10.2. The molecule has 0 fully saturated rings. The lowest BCUT2D eigenvalue weighted by Gasteiger charge is -2.23. The molecule has 0 spiro atoms. The molecule has 6 heteroatoms. The van der Waals surface area contributed by atoms with Gasteiger partial charge in [-0.3, -0.25) is 0 Å². The minimum absolute atomic E-state index is 0.0394. The van der Waals surface area contributed by atoms with E-state index in [1.807, 2.05) is 0 Å². The Morgan fingerprint density at radius 1 is 1.58 bits per heavy atom. The van der Waals surface area contributed by atoms with Crippen molar-refractivity contribution in [3.63, 3.8) is 0 Å². The van der Waals surface area contributed by atoms with Crippen LogP contribution in [0, 0.1) is 0 Å². The number of primary amides is 1. The molecule has 0 aromatic rings. The van der Waals surface area contributed by atoms with E-state index in [0.29, 0.717) is 0 Å². The highest BCUT2D eigenvalue weighted by Gasteiger charge is 2.14. The molecule has 6 nitrogen and oxygen atoms in total. The zero-order chi connectivity index (χ0) is 9.72. The summed E-state index contributed by atoms with van der Waals surface area (Å²) < 4.78 is 0. The summed E-state index contributed by atoms with van der Waals surface area (Å²) in [7, 11) is 0. The van der Waals surface area contributed by atoms with Gasteiger partial charge in [-0.05, 0) is 13.8 Å². The number of hydrogen-bond acceptors (Lipinski definition) is 3. The fourth-order valence-corrected chi connectivity index (χ4v) is 0.721. The second-order valence-electron chi connectivity index (χ2n) is 2.65. The van der Waals surface area contributed by atoms with Gasteiger partial charge in [0.15, 0.2) is 5.84 Å². The topological polar surface area (TPSA) is 105 Å². The first kappa shape index (κ1) is 10.5. The van der Waals surface area contributed by atoms with Crippen LogP contribution in [0.4, 0.5) is 4.79 Å². The van der Waals surface area contributed by atoms with Crippen LogP contribution in [0.15, 0.2) is 5.16 Å². The zero-order valence-corrected chi connectivity index (χ0v) is 7.19. The number of amides is 2. The summed E-state index contributed by atoms with van der Waals surface area (Å²) in [6, 6.07) is -0.653. The minimum atomic E-state index is -0.586. The number of urea groups is 1. The van der Waals surface area contributed by atoms with Gasteiger partial charge in [0, 0.05) is 6.04 Å². The molecule has 0 unspecified atom stereocenters. The number of hydrogen-bond donors (Lipinski definition) is 3. The Labute approximate surface area is 70.8 Å². The van der Waals surface area contributed by atoms with Crippen LogP contribution < -0.4 is 11.5 Å². The summed E-state index contributed by atoms with van der Waals surface area (Å²) in [6.07, 6.45) is 0. The monoisotopic (exact) mass is 174 g/mol. The third-order valence-electron chi connectivity index (χ3n) is 1.37. The normalized spacial score (nSPS) is 11.8. The maximum Gasteiger partial charge on any atom is 0.315 e. The summed E-state index contributed by atoms with van der Waals surface area (Å²) in [5.74, 6) is -0.0394. The van der Waals surface area contributed by atoms with Crippen LogP contribution in [0.1, 0.15) is 13.8 Å². The second-order valence-corrected chi connectivity index (χ2v) is 2.65. The second kappa shape index (κ2) is 4.42. The number of carbonyl (C=O) groups excluding carboxylic acids is 1. The van der Waals surface area contributed by atoms with Crippen molar-refractivity contribution >= 4 is 11.9 Å². The molecule has 0 aliphatic carbocycles. The highest BCUT2D eigenvalue weighted by Crippen LogP contribution is 1.96. The molecule has 2 amide bonds. The molecule has 0 aromatic heterocycles. The summed E-state index contributed by atoms with van der Waals surface area (Å²) >= 11 is 0. The van der Waals surface area contributed by atoms with Gasteiger partial charge in [-0.25, -0.2) is 4.79 Å². The lowest BCUT2D eigenvalue weighted by atomic mass is 10.3. The third-order valence-corrected chi connectivity index (χ3v) is 1.37. The smallest absolute Gasteiger partial charge is 0.315 e.